The summed E-state index contributed by atoms with van der Waals surface area (Å²) >= 11 is 5.53. The van der Waals surface area contributed by atoms with Crippen LogP contribution in [-0.2, 0) is 14.3 Å². The normalized spacial score (nSPS) is 10.0. The third-order valence-corrected chi connectivity index (χ3v) is 2.20. The molecule has 0 unspecified atom stereocenters. The van der Waals surface area contributed by atoms with E-state index >= 15 is 0 Å². The second kappa shape index (κ2) is 9.97. The second-order valence-electron chi connectivity index (χ2n) is 3.56. The maximum Gasteiger partial charge on any atom is 0.313 e. The molecule has 4 heteroatoms. The summed E-state index contributed by atoms with van der Waals surface area (Å²) in [5, 5.41) is 0. The van der Waals surface area contributed by atoms with Crippen LogP contribution in [0.2, 0.25) is 0 Å². The SMILES string of the molecule is CC(=O)CC(=O)OCCCCCCCCl. The van der Waals surface area contributed by atoms with Gasteiger partial charge < -0.3 is 4.74 Å². The molecule has 0 atom stereocenters. The minimum atomic E-state index is -0.414. The van der Waals surface area contributed by atoms with Crippen LogP contribution in [0.3, 0.4) is 0 Å². The van der Waals surface area contributed by atoms with Crippen molar-refractivity contribution in [2.45, 2.75) is 45.4 Å². The number of carbonyl (C=O) groups excluding carboxylic acids is 2. The lowest BCUT2D eigenvalue weighted by molar-refractivity contribution is -0.145. The van der Waals surface area contributed by atoms with Gasteiger partial charge in [-0.05, 0) is 19.8 Å². The van der Waals surface area contributed by atoms with Gasteiger partial charge >= 0.3 is 5.97 Å². The molecule has 0 aliphatic heterocycles. The number of unbranched alkanes of at least 4 members (excludes halogenated alkanes) is 4. The van der Waals surface area contributed by atoms with E-state index in [9.17, 15) is 9.59 Å². The fourth-order valence-corrected chi connectivity index (χ4v) is 1.36. The Bertz CT molecular complexity index is 192. The van der Waals surface area contributed by atoms with Crippen molar-refractivity contribution in [1.82, 2.24) is 0 Å². The molecule has 0 rings (SSSR count). The Morgan fingerprint density at radius 3 is 2.27 bits per heavy atom. The van der Waals surface area contributed by atoms with Crippen LogP contribution in [0.1, 0.15) is 45.4 Å². The molecule has 0 saturated heterocycles. The van der Waals surface area contributed by atoms with Gasteiger partial charge in [-0.1, -0.05) is 19.3 Å². The number of rotatable bonds is 9. The number of esters is 1. The maximum absolute atomic E-state index is 10.9. The van der Waals surface area contributed by atoms with Crippen molar-refractivity contribution < 1.29 is 14.3 Å². The zero-order chi connectivity index (χ0) is 11.5. The molecule has 15 heavy (non-hydrogen) atoms. The van der Waals surface area contributed by atoms with Crippen molar-refractivity contribution in [3.05, 3.63) is 0 Å². The number of halogens is 1. The summed E-state index contributed by atoms with van der Waals surface area (Å²) in [6, 6.07) is 0. The standard InChI is InChI=1S/C11H19ClO3/c1-10(13)9-11(14)15-8-6-4-2-3-5-7-12/h2-9H2,1H3. The average molecular weight is 235 g/mol. The first-order chi connectivity index (χ1) is 7.16. The number of alkyl halides is 1. The Morgan fingerprint density at radius 1 is 1.07 bits per heavy atom. The van der Waals surface area contributed by atoms with Crippen molar-refractivity contribution in [3.63, 3.8) is 0 Å². The lowest BCUT2D eigenvalue weighted by Crippen LogP contribution is -2.09. The fourth-order valence-electron chi connectivity index (χ4n) is 1.17. The topological polar surface area (TPSA) is 43.4 Å². The Morgan fingerprint density at radius 2 is 1.67 bits per heavy atom. The van der Waals surface area contributed by atoms with E-state index in [4.69, 9.17) is 16.3 Å². The Balaban J connectivity index is 3.16. The van der Waals surface area contributed by atoms with Gasteiger partial charge in [-0.15, -0.1) is 11.6 Å². The van der Waals surface area contributed by atoms with Gasteiger partial charge in [0.1, 0.15) is 12.2 Å². The molecule has 0 radical (unpaired) electrons. The van der Waals surface area contributed by atoms with E-state index in [1.165, 1.54) is 6.92 Å². The van der Waals surface area contributed by atoms with Crippen LogP contribution >= 0.6 is 11.6 Å². The van der Waals surface area contributed by atoms with E-state index in [-0.39, 0.29) is 12.2 Å². The molecule has 0 fully saturated rings. The molecule has 0 N–H and O–H groups in total. The number of ketones is 1. The molecule has 0 aliphatic rings. The predicted octanol–water partition coefficient (Wildman–Crippen LogP) is 2.70. The minimum Gasteiger partial charge on any atom is -0.465 e. The Hall–Kier alpha value is -0.570. The van der Waals surface area contributed by atoms with Gasteiger partial charge in [-0.25, -0.2) is 0 Å². The predicted molar refractivity (Wildman–Crippen MR) is 60.1 cm³/mol. The van der Waals surface area contributed by atoms with Crippen LogP contribution in [0.5, 0.6) is 0 Å². The van der Waals surface area contributed by atoms with Gasteiger partial charge in [0, 0.05) is 5.88 Å². The first-order valence-corrected chi connectivity index (χ1v) is 5.91. The average Bonchev–Trinajstić information content (AvgIpc) is 2.15. The third kappa shape index (κ3) is 11.4. The largest absolute Gasteiger partial charge is 0.465 e. The summed E-state index contributed by atoms with van der Waals surface area (Å²) in [6.07, 6.45) is 5.11. The highest BCUT2D eigenvalue weighted by Crippen LogP contribution is 2.04. The van der Waals surface area contributed by atoms with Crippen molar-refractivity contribution >= 4 is 23.4 Å². The number of Topliss-reactive ketones (excluding diaryl/α,β-unsaturated/α-hetero) is 1. The number of ether oxygens (including phenoxy) is 1. The number of hydrogen-bond acceptors (Lipinski definition) is 3. The molecule has 0 aliphatic carbocycles. The highest BCUT2D eigenvalue weighted by molar-refractivity contribution is 6.17. The van der Waals surface area contributed by atoms with Crippen LogP contribution in [0, 0.1) is 0 Å². The molecule has 0 aromatic heterocycles. The molecule has 0 bridgehead atoms. The molecule has 0 spiro atoms. The van der Waals surface area contributed by atoms with Crippen molar-refractivity contribution in [2.75, 3.05) is 12.5 Å². The van der Waals surface area contributed by atoms with Gasteiger partial charge in [-0.2, -0.15) is 0 Å². The molecular weight excluding hydrogens is 216 g/mol. The van der Waals surface area contributed by atoms with Crippen molar-refractivity contribution in [2.24, 2.45) is 0 Å². The molecule has 3 nitrogen and oxygen atoms in total. The third-order valence-electron chi connectivity index (χ3n) is 1.93. The lowest BCUT2D eigenvalue weighted by atomic mass is 10.2. The molecule has 0 aromatic rings. The second-order valence-corrected chi connectivity index (χ2v) is 3.93. The highest BCUT2D eigenvalue weighted by atomic mass is 35.5. The van der Waals surface area contributed by atoms with Gasteiger partial charge in [0.15, 0.2) is 0 Å². The molecule has 88 valence electrons. The van der Waals surface area contributed by atoms with E-state index < -0.39 is 5.97 Å². The van der Waals surface area contributed by atoms with Gasteiger partial charge in [0.25, 0.3) is 0 Å². The summed E-state index contributed by atoms with van der Waals surface area (Å²) in [5.74, 6) is 0.151. The van der Waals surface area contributed by atoms with Crippen LogP contribution in [-0.4, -0.2) is 24.2 Å². The summed E-state index contributed by atoms with van der Waals surface area (Å²) in [5.41, 5.74) is 0. The molecule has 0 aromatic carbocycles. The number of hydrogen-bond donors (Lipinski definition) is 0. The summed E-state index contributed by atoms with van der Waals surface area (Å²) in [7, 11) is 0. The first-order valence-electron chi connectivity index (χ1n) is 5.38. The Kier molecular flexibility index (Phi) is 9.59. The maximum atomic E-state index is 10.9. The van der Waals surface area contributed by atoms with Gasteiger partial charge in [0.05, 0.1) is 6.61 Å². The van der Waals surface area contributed by atoms with Gasteiger partial charge in [-0.3, -0.25) is 9.59 Å². The fraction of sp³-hybridized carbons (Fsp3) is 0.818. The monoisotopic (exact) mass is 234 g/mol. The van der Waals surface area contributed by atoms with E-state index in [0.717, 1.165) is 32.1 Å². The smallest absolute Gasteiger partial charge is 0.313 e. The zero-order valence-electron chi connectivity index (χ0n) is 9.26. The van der Waals surface area contributed by atoms with E-state index in [1.807, 2.05) is 0 Å². The van der Waals surface area contributed by atoms with Crippen LogP contribution < -0.4 is 0 Å². The van der Waals surface area contributed by atoms with Gasteiger partial charge in [0.2, 0.25) is 0 Å². The molecule has 0 heterocycles. The van der Waals surface area contributed by atoms with E-state index in [2.05, 4.69) is 0 Å². The highest BCUT2D eigenvalue weighted by Gasteiger charge is 2.05. The molecule has 0 saturated carbocycles. The quantitative estimate of drug-likeness (QED) is 0.267. The first kappa shape index (κ1) is 14.4. The number of carbonyl (C=O) groups is 2. The summed E-state index contributed by atoms with van der Waals surface area (Å²) in [4.78, 5) is 21.5. The summed E-state index contributed by atoms with van der Waals surface area (Å²) < 4.78 is 4.87. The molecular formula is C11H19ClO3. The molecule has 0 amide bonds. The minimum absolute atomic E-state index is 0.105. The Labute approximate surface area is 96.1 Å². The summed E-state index contributed by atoms with van der Waals surface area (Å²) in [6.45, 7) is 1.81. The van der Waals surface area contributed by atoms with E-state index in [0.29, 0.717) is 12.5 Å². The van der Waals surface area contributed by atoms with Crippen molar-refractivity contribution in [1.29, 1.82) is 0 Å². The van der Waals surface area contributed by atoms with E-state index in [1.54, 1.807) is 0 Å². The zero-order valence-corrected chi connectivity index (χ0v) is 10.0. The van der Waals surface area contributed by atoms with Crippen LogP contribution in [0.25, 0.3) is 0 Å². The van der Waals surface area contributed by atoms with Crippen LogP contribution in [0.4, 0.5) is 0 Å². The lowest BCUT2D eigenvalue weighted by Gasteiger charge is -2.03. The van der Waals surface area contributed by atoms with Crippen LogP contribution in [0.15, 0.2) is 0 Å². The van der Waals surface area contributed by atoms with Crippen molar-refractivity contribution in [3.8, 4) is 0 Å².